The molecular formula is C11H10BrNO4S3. The SMILES string of the molecule is C[C@H](NS(=O)(=O)c1cc(C(=O)O)sc1Br)c1cccs1. The van der Waals surface area contributed by atoms with Gasteiger partial charge in [0.25, 0.3) is 0 Å². The van der Waals surface area contributed by atoms with E-state index in [1.807, 2.05) is 17.5 Å². The second-order valence-corrected chi connectivity index (χ2v) is 8.94. The van der Waals surface area contributed by atoms with E-state index in [2.05, 4.69) is 20.7 Å². The molecule has 20 heavy (non-hydrogen) atoms. The van der Waals surface area contributed by atoms with E-state index in [4.69, 9.17) is 5.11 Å². The van der Waals surface area contributed by atoms with Gasteiger partial charge in [0.1, 0.15) is 9.77 Å². The van der Waals surface area contributed by atoms with Crippen LogP contribution >= 0.6 is 38.6 Å². The molecule has 0 radical (unpaired) electrons. The van der Waals surface area contributed by atoms with Gasteiger partial charge in [-0.15, -0.1) is 22.7 Å². The minimum absolute atomic E-state index is 0.0268. The zero-order valence-corrected chi connectivity index (χ0v) is 14.2. The van der Waals surface area contributed by atoms with Crippen LogP contribution in [0.3, 0.4) is 0 Å². The number of carboxylic acids is 1. The summed E-state index contributed by atoms with van der Waals surface area (Å²) in [6.07, 6.45) is 0. The Morgan fingerprint density at radius 1 is 1.50 bits per heavy atom. The van der Waals surface area contributed by atoms with Gasteiger partial charge < -0.3 is 5.11 Å². The van der Waals surface area contributed by atoms with E-state index in [-0.39, 0.29) is 19.6 Å². The van der Waals surface area contributed by atoms with Crippen molar-refractivity contribution in [1.82, 2.24) is 4.72 Å². The normalized spacial score (nSPS) is 13.3. The maximum absolute atomic E-state index is 12.3. The smallest absolute Gasteiger partial charge is 0.345 e. The van der Waals surface area contributed by atoms with Crippen LogP contribution in [0.1, 0.15) is 27.5 Å². The van der Waals surface area contributed by atoms with Crippen molar-refractivity contribution in [2.45, 2.75) is 17.9 Å². The minimum atomic E-state index is -3.77. The van der Waals surface area contributed by atoms with Gasteiger partial charge in [-0.25, -0.2) is 17.9 Å². The summed E-state index contributed by atoms with van der Waals surface area (Å²) in [5.74, 6) is -1.15. The minimum Gasteiger partial charge on any atom is -0.477 e. The Labute approximate surface area is 132 Å². The van der Waals surface area contributed by atoms with Crippen LogP contribution < -0.4 is 4.72 Å². The summed E-state index contributed by atoms with van der Waals surface area (Å²) < 4.78 is 27.4. The summed E-state index contributed by atoms with van der Waals surface area (Å²) in [6.45, 7) is 1.74. The Balaban J connectivity index is 2.29. The third kappa shape index (κ3) is 3.29. The Morgan fingerprint density at radius 3 is 2.70 bits per heavy atom. The number of thiophene rings is 2. The number of aromatic carboxylic acids is 1. The Morgan fingerprint density at radius 2 is 2.20 bits per heavy atom. The molecule has 2 rings (SSSR count). The third-order valence-electron chi connectivity index (χ3n) is 2.46. The van der Waals surface area contributed by atoms with Gasteiger partial charge in [0.05, 0.1) is 9.83 Å². The maximum atomic E-state index is 12.3. The first-order chi connectivity index (χ1) is 9.31. The molecule has 2 heterocycles. The molecule has 0 amide bonds. The molecule has 5 nitrogen and oxygen atoms in total. The van der Waals surface area contributed by atoms with Crippen molar-refractivity contribution in [1.29, 1.82) is 0 Å². The number of sulfonamides is 1. The zero-order valence-electron chi connectivity index (χ0n) is 10.2. The molecule has 2 N–H and O–H groups in total. The zero-order chi connectivity index (χ0) is 14.9. The molecule has 0 aliphatic carbocycles. The van der Waals surface area contributed by atoms with Crippen LogP contribution in [0.2, 0.25) is 0 Å². The Bertz CT molecular complexity index is 721. The molecule has 0 unspecified atom stereocenters. The van der Waals surface area contributed by atoms with E-state index in [0.29, 0.717) is 0 Å². The average Bonchev–Trinajstić information content (AvgIpc) is 2.96. The van der Waals surface area contributed by atoms with E-state index >= 15 is 0 Å². The van der Waals surface area contributed by atoms with Gasteiger partial charge in [-0.2, -0.15) is 0 Å². The van der Waals surface area contributed by atoms with Gasteiger partial charge in [-0.05, 0) is 40.4 Å². The van der Waals surface area contributed by atoms with E-state index in [1.54, 1.807) is 6.92 Å². The molecule has 0 bridgehead atoms. The highest BCUT2D eigenvalue weighted by Gasteiger charge is 2.25. The van der Waals surface area contributed by atoms with Gasteiger partial charge >= 0.3 is 5.97 Å². The number of nitrogens with one attached hydrogen (secondary N) is 1. The summed E-state index contributed by atoms with van der Waals surface area (Å²) in [7, 11) is -3.77. The van der Waals surface area contributed by atoms with Crippen molar-refractivity contribution < 1.29 is 18.3 Å². The lowest BCUT2D eigenvalue weighted by molar-refractivity contribution is 0.0702. The molecule has 0 aliphatic heterocycles. The molecule has 2 aromatic rings. The van der Waals surface area contributed by atoms with Crippen LogP contribution in [-0.2, 0) is 10.0 Å². The average molecular weight is 396 g/mol. The highest BCUT2D eigenvalue weighted by Crippen LogP contribution is 2.32. The predicted molar refractivity (Wildman–Crippen MR) is 82.0 cm³/mol. The Kier molecular flexibility index (Phi) is 4.65. The van der Waals surface area contributed by atoms with Crippen molar-refractivity contribution in [3.05, 3.63) is 37.1 Å². The number of rotatable bonds is 5. The van der Waals surface area contributed by atoms with Crippen molar-refractivity contribution in [3.8, 4) is 0 Å². The molecule has 0 saturated heterocycles. The molecule has 0 saturated carbocycles. The summed E-state index contributed by atoms with van der Waals surface area (Å²) in [5.41, 5.74) is 0. The van der Waals surface area contributed by atoms with E-state index in [9.17, 15) is 13.2 Å². The van der Waals surface area contributed by atoms with Crippen LogP contribution in [0.4, 0.5) is 0 Å². The molecule has 108 valence electrons. The van der Waals surface area contributed by atoms with E-state index in [0.717, 1.165) is 22.3 Å². The molecule has 1 atom stereocenters. The summed E-state index contributed by atoms with van der Waals surface area (Å²) >= 11 is 5.42. The van der Waals surface area contributed by atoms with Crippen LogP contribution in [0.25, 0.3) is 0 Å². The monoisotopic (exact) mass is 395 g/mol. The van der Waals surface area contributed by atoms with Crippen molar-refractivity contribution in [2.24, 2.45) is 0 Å². The number of carboxylic acid groups (broad SMARTS) is 1. The third-order valence-corrected chi connectivity index (χ3v) is 7.29. The number of hydrogen-bond acceptors (Lipinski definition) is 5. The van der Waals surface area contributed by atoms with E-state index in [1.165, 1.54) is 11.3 Å². The standard InChI is InChI=1S/C11H10BrNO4S3/c1-6(7-3-2-4-18-7)13-20(16,17)9-5-8(11(14)15)19-10(9)12/h2-6,13H,1H3,(H,14,15)/t6-/m0/s1. The fraction of sp³-hybridized carbons (Fsp3) is 0.182. The fourth-order valence-electron chi connectivity index (χ4n) is 1.53. The highest BCUT2D eigenvalue weighted by molar-refractivity contribution is 9.11. The lowest BCUT2D eigenvalue weighted by atomic mass is 10.3. The highest BCUT2D eigenvalue weighted by atomic mass is 79.9. The first-order valence-corrected chi connectivity index (χ1v) is 9.37. The van der Waals surface area contributed by atoms with Crippen LogP contribution in [-0.4, -0.2) is 19.5 Å². The van der Waals surface area contributed by atoms with Crippen LogP contribution in [0.5, 0.6) is 0 Å². The predicted octanol–water partition coefficient (Wildman–Crippen LogP) is 3.31. The number of hydrogen-bond donors (Lipinski definition) is 2. The molecule has 0 spiro atoms. The molecule has 0 aliphatic rings. The second kappa shape index (κ2) is 5.94. The molecule has 0 aromatic carbocycles. The van der Waals surface area contributed by atoms with Gasteiger partial charge in [0.15, 0.2) is 0 Å². The topological polar surface area (TPSA) is 83.5 Å². The summed E-state index contributed by atoms with van der Waals surface area (Å²) in [5, 5.41) is 10.8. The first-order valence-electron chi connectivity index (χ1n) is 5.39. The largest absolute Gasteiger partial charge is 0.477 e. The molecule has 0 fully saturated rings. The van der Waals surface area contributed by atoms with Gasteiger partial charge in [0.2, 0.25) is 10.0 Å². The first kappa shape index (κ1) is 15.6. The van der Waals surface area contributed by atoms with Crippen LogP contribution in [0, 0.1) is 0 Å². The van der Waals surface area contributed by atoms with Crippen molar-refractivity contribution in [3.63, 3.8) is 0 Å². The van der Waals surface area contributed by atoms with Crippen molar-refractivity contribution in [2.75, 3.05) is 0 Å². The lowest BCUT2D eigenvalue weighted by Gasteiger charge is -2.12. The quantitative estimate of drug-likeness (QED) is 0.812. The number of carbonyl (C=O) groups is 1. The Hall–Kier alpha value is -0.740. The summed E-state index contributed by atoms with van der Waals surface area (Å²) in [6, 6.07) is 4.46. The second-order valence-electron chi connectivity index (χ2n) is 3.91. The van der Waals surface area contributed by atoms with Crippen LogP contribution in [0.15, 0.2) is 32.3 Å². The molecule has 2 aromatic heterocycles. The summed E-state index contributed by atoms with van der Waals surface area (Å²) in [4.78, 5) is 11.7. The molecular weight excluding hydrogens is 386 g/mol. The van der Waals surface area contributed by atoms with Crippen molar-refractivity contribution >= 4 is 54.6 Å². The maximum Gasteiger partial charge on any atom is 0.345 e. The van der Waals surface area contributed by atoms with Gasteiger partial charge in [-0.1, -0.05) is 6.07 Å². The number of halogens is 1. The van der Waals surface area contributed by atoms with Gasteiger partial charge in [0, 0.05) is 4.88 Å². The fourth-order valence-corrected chi connectivity index (χ4v) is 5.97. The molecule has 9 heteroatoms. The van der Waals surface area contributed by atoms with E-state index < -0.39 is 16.0 Å². The van der Waals surface area contributed by atoms with Gasteiger partial charge in [-0.3, -0.25) is 0 Å². The lowest BCUT2D eigenvalue weighted by Crippen LogP contribution is -2.26.